The van der Waals surface area contributed by atoms with Gasteiger partial charge in [-0.1, -0.05) is 49.9 Å². The highest BCUT2D eigenvalue weighted by molar-refractivity contribution is 6.60. The van der Waals surface area contributed by atoms with E-state index < -0.39 is 8.80 Å². The first-order chi connectivity index (χ1) is 12.2. The van der Waals surface area contributed by atoms with E-state index in [4.69, 9.17) is 13.3 Å². The van der Waals surface area contributed by atoms with E-state index in [1.165, 1.54) is 48.6 Å². The fraction of sp³-hybridized carbons (Fsp3) is 0.550. The molecule has 0 aliphatic carbocycles. The van der Waals surface area contributed by atoms with Crippen LogP contribution >= 0.6 is 0 Å². The Hall–Kier alpha value is -1.27. The molecule has 0 atom stereocenters. The van der Waals surface area contributed by atoms with Crippen LogP contribution in [0.15, 0.2) is 36.5 Å². The highest BCUT2D eigenvalue weighted by Crippen LogP contribution is 2.19. The molecule has 1 heterocycles. The zero-order chi connectivity index (χ0) is 18.0. The smallest absolute Gasteiger partial charge is 0.377 e. The average molecular weight is 362 g/mol. The summed E-state index contributed by atoms with van der Waals surface area (Å²) in [6, 6.07) is 11.5. The number of nitrogens with zero attached hydrogens (tertiary/aromatic N) is 1. The molecular weight excluding hydrogens is 330 g/mol. The molecule has 0 amide bonds. The second-order valence-electron chi connectivity index (χ2n) is 6.44. The van der Waals surface area contributed by atoms with E-state index in [2.05, 4.69) is 35.3 Å². The molecular formula is C20H31NO3Si. The Morgan fingerprint density at radius 3 is 2.08 bits per heavy atom. The number of aromatic nitrogens is 1. The van der Waals surface area contributed by atoms with E-state index in [1.807, 2.05) is 6.20 Å². The lowest BCUT2D eigenvalue weighted by Crippen LogP contribution is -2.42. The number of pyridine rings is 1. The molecule has 0 aliphatic rings. The van der Waals surface area contributed by atoms with Crippen LogP contribution in [-0.2, 0) is 19.7 Å². The van der Waals surface area contributed by atoms with E-state index in [-0.39, 0.29) is 0 Å². The van der Waals surface area contributed by atoms with Gasteiger partial charge in [0.15, 0.2) is 0 Å². The molecule has 25 heavy (non-hydrogen) atoms. The van der Waals surface area contributed by atoms with Gasteiger partial charge in [0.25, 0.3) is 0 Å². The van der Waals surface area contributed by atoms with Gasteiger partial charge >= 0.3 is 8.80 Å². The van der Waals surface area contributed by atoms with Crippen molar-refractivity contribution in [3.8, 4) is 0 Å². The van der Waals surface area contributed by atoms with Crippen LogP contribution in [0.25, 0.3) is 10.8 Å². The van der Waals surface area contributed by atoms with E-state index in [0.29, 0.717) is 0 Å². The largest absolute Gasteiger partial charge is 0.500 e. The normalized spacial score (nSPS) is 12.0. The monoisotopic (exact) mass is 361 g/mol. The Bertz CT molecular complexity index is 623. The molecule has 1 aromatic carbocycles. The molecule has 5 heteroatoms. The van der Waals surface area contributed by atoms with Crippen molar-refractivity contribution in [3.63, 3.8) is 0 Å². The lowest BCUT2D eigenvalue weighted by atomic mass is 10.1. The van der Waals surface area contributed by atoms with Crippen LogP contribution in [0.4, 0.5) is 0 Å². The molecule has 0 bridgehead atoms. The first-order valence-electron chi connectivity index (χ1n) is 9.22. The first kappa shape index (κ1) is 20.0. The Labute approximate surface area is 152 Å². The van der Waals surface area contributed by atoms with Crippen LogP contribution < -0.4 is 0 Å². The van der Waals surface area contributed by atoms with Crippen molar-refractivity contribution < 1.29 is 13.3 Å². The molecule has 0 aliphatic heterocycles. The highest BCUT2D eigenvalue weighted by Gasteiger charge is 2.36. The summed E-state index contributed by atoms with van der Waals surface area (Å²) in [6.45, 7) is 0. The Kier molecular flexibility index (Phi) is 8.55. The number of fused-ring (bicyclic) bond motifs is 1. The predicted octanol–water partition coefficient (Wildman–Crippen LogP) is 5.00. The van der Waals surface area contributed by atoms with Crippen molar-refractivity contribution in [1.82, 2.24) is 4.98 Å². The Morgan fingerprint density at radius 2 is 1.40 bits per heavy atom. The summed E-state index contributed by atoms with van der Waals surface area (Å²) in [5, 5.41) is 2.50. The van der Waals surface area contributed by atoms with E-state index in [0.717, 1.165) is 18.9 Å². The second kappa shape index (κ2) is 10.7. The van der Waals surface area contributed by atoms with Gasteiger partial charge in [-0.05, 0) is 30.7 Å². The molecule has 2 rings (SSSR count). The molecule has 4 nitrogen and oxygen atoms in total. The maximum atomic E-state index is 5.45. The number of unbranched alkanes of at least 4 members (excludes halogenated alkanes) is 5. The zero-order valence-corrected chi connectivity index (χ0v) is 16.8. The number of rotatable bonds is 12. The van der Waals surface area contributed by atoms with Gasteiger partial charge in [-0.25, -0.2) is 0 Å². The molecule has 0 fully saturated rings. The van der Waals surface area contributed by atoms with Gasteiger partial charge in [0.1, 0.15) is 0 Å². The minimum Gasteiger partial charge on any atom is -0.377 e. The lowest BCUT2D eigenvalue weighted by molar-refractivity contribution is 0.122. The summed E-state index contributed by atoms with van der Waals surface area (Å²) in [4.78, 5) is 4.57. The number of hydrogen-bond donors (Lipinski definition) is 0. The molecule has 2 aromatic rings. The maximum absolute atomic E-state index is 5.45. The van der Waals surface area contributed by atoms with E-state index in [1.54, 1.807) is 21.3 Å². The third-order valence-electron chi connectivity index (χ3n) is 4.79. The summed E-state index contributed by atoms with van der Waals surface area (Å²) in [5.74, 6) is 0. The Morgan fingerprint density at radius 1 is 0.800 bits per heavy atom. The zero-order valence-electron chi connectivity index (χ0n) is 15.8. The molecule has 0 spiro atoms. The van der Waals surface area contributed by atoms with Crippen LogP contribution in [0.2, 0.25) is 6.04 Å². The maximum Gasteiger partial charge on any atom is 0.500 e. The molecule has 1 aromatic heterocycles. The summed E-state index contributed by atoms with van der Waals surface area (Å²) in [6.07, 6.45) is 10.4. The summed E-state index contributed by atoms with van der Waals surface area (Å²) in [7, 11) is 2.67. The van der Waals surface area contributed by atoms with Crippen LogP contribution in [-0.4, -0.2) is 35.1 Å². The van der Waals surface area contributed by atoms with Crippen molar-refractivity contribution in [2.24, 2.45) is 0 Å². The van der Waals surface area contributed by atoms with Crippen molar-refractivity contribution in [2.75, 3.05) is 21.3 Å². The second-order valence-corrected chi connectivity index (χ2v) is 9.53. The van der Waals surface area contributed by atoms with Crippen molar-refractivity contribution in [2.45, 2.75) is 51.0 Å². The summed E-state index contributed by atoms with van der Waals surface area (Å²) < 4.78 is 16.3. The van der Waals surface area contributed by atoms with Gasteiger partial charge in [-0.2, -0.15) is 0 Å². The fourth-order valence-electron chi connectivity index (χ4n) is 3.18. The summed E-state index contributed by atoms with van der Waals surface area (Å²) in [5.41, 5.74) is 1.20. The van der Waals surface area contributed by atoms with Crippen molar-refractivity contribution in [3.05, 3.63) is 42.2 Å². The van der Waals surface area contributed by atoms with Gasteiger partial charge in [0, 0.05) is 44.7 Å². The van der Waals surface area contributed by atoms with Gasteiger partial charge in [0.05, 0.1) is 0 Å². The standard InChI is InChI=1S/C20H31NO3Si/c1-22-25(23-2,24-3)15-11-7-5-4-6-8-14-20-16-18-12-9-10-13-19(18)17-21-20/h9-10,12-13,16-17H,4-8,11,14-15H2,1-3H3. The molecule has 0 N–H and O–H groups in total. The third kappa shape index (κ3) is 6.19. The molecule has 138 valence electrons. The topological polar surface area (TPSA) is 40.6 Å². The van der Waals surface area contributed by atoms with Gasteiger partial charge in [-0.15, -0.1) is 0 Å². The molecule has 0 saturated carbocycles. The number of hydrogen-bond acceptors (Lipinski definition) is 4. The van der Waals surface area contributed by atoms with Crippen molar-refractivity contribution in [1.29, 1.82) is 0 Å². The van der Waals surface area contributed by atoms with Crippen LogP contribution in [0.3, 0.4) is 0 Å². The van der Waals surface area contributed by atoms with Crippen LogP contribution in [0, 0.1) is 0 Å². The first-order valence-corrected chi connectivity index (χ1v) is 11.2. The van der Waals surface area contributed by atoms with Gasteiger partial charge in [0.2, 0.25) is 0 Å². The molecule has 0 saturated heterocycles. The fourth-order valence-corrected chi connectivity index (χ4v) is 4.97. The quantitative estimate of drug-likeness (QED) is 0.394. The lowest BCUT2D eigenvalue weighted by Gasteiger charge is -2.24. The van der Waals surface area contributed by atoms with Crippen molar-refractivity contribution >= 4 is 19.6 Å². The summed E-state index contributed by atoms with van der Waals surface area (Å²) >= 11 is 0. The Balaban J connectivity index is 1.58. The third-order valence-corrected chi connectivity index (χ3v) is 7.62. The van der Waals surface area contributed by atoms with Gasteiger partial charge in [-0.3, -0.25) is 4.98 Å². The highest BCUT2D eigenvalue weighted by atomic mass is 28.4. The van der Waals surface area contributed by atoms with E-state index in [9.17, 15) is 0 Å². The minimum atomic E-state index is -2.37. The van der Waals surface area contributed by atoms with Gasteiger partial charge < -0.3 is 13.3 Å². The molecule has 0 radical (unpaired) electrons. The van der Waals surface area contributed by atoms with E-state index >= 15 is 0 Å². The number of aryl methyl sites for hydroxylation is 1. The average Bonchev–Trinajstić information content (AvgIpc) is 2.67. The predicted molar refractivity (Wildman–Crippen MR) is 105 cm³/mol. The van der Waals surface area contributed by atoms with Crippen LogP contribution in [0.1, 0.15) is 44.2 Å². The van der Waals surface area contributed by atoms with Crippen LogP contribution in [0.5, 0.6) is 0 Å². The SMILES string of the molecule is CO[Si](CCCCCCCCc1cc2ccccc2cn1)(OC)OC. The number of benzene rings is 1. The minimum absolute atomic E-state index is 0.900. The molecule has 0 unspecified atom stereocenters.